The van der Waals surface area contributed by atoms with Gasteiger partial charge in [0, 0.05) is 13.2 Å². The maximum Gasteiger partial charge on any atom is 0.137 e. The summed E-state index contributed by atoms with van der Waals surface area (Å²) in [4.78, 5) is 0. The van der Waals surface area contributed by atoms with Crippen LogP contribution in [0, 0.1) is 11.7 Å². The maximum atomic E-state index is 13.2. The van der Waals surface area contributed by atoms with Crippen molar-refractivity contribution in [3.63, 3.8) is 0 Å². The summed E-state index contributed by atoms with van der Waals surface area (Å²) < 4.78 is 19.4. The van der Waals surface area contributed by atoms with Crippen LogP contribution in [0.2, 0.25) is 0 Å². The van der Waals surface area contributed by atoms with Gasteiger partial charge in [-0.05, 0) is 58.8 Å². The molecule has 0 aromatic heterocycles. The van der Waals surface area contributed by atoms with E-state index in [1.54, 1.807) is 13.2 Å². The average Bonchev–Trinajstić information content (AvgIpc) is 2.45. The third-order valence-corrected chi connectivity index (χ3v) is 4.87. The molecule has 112 valence electrons. The van der Waals surface area contributed by atoms with Crippen molar-refractivity contribution in [2.24, 2.45) is 11.7 Å². The zero-order valence-corrected chi connectivity index (χ0v) is 13.5. The summed E-state index contributed by atoms with van der Waals surface area (Å²) in [7, 11) is 1.75. The lowest BCUT2D eigenvalue weighted by molar-refractivity contribution is 0.0179. The highest BCUT2D eigenvalue weighted by molar-refractivity contribution is 9.10. The van der Waals surface area contributed by atoms with Crippen LogP contribution in [0.4, 0.5) is 4.39 Å². The summed E-state index contributed by atoms with van der Waals surface area (Å²) in [5.41, 5.74) is 7.39. The van der Waals surface area contributed by atoms with E-state index in [2.05, 4.69) is 15.9 Å². The van der Waals surface area contributed by atoms with Crippen LogP contribution in [-0.2, 0) is 11.2 Å². The molecule has 1 aromatic carbocycles. The fourth-order valence-electron chi connectivity index (χ4n) is 3.23. The molecule has 1 saturated carbocycles. The Balaban J connectivity index is 2.00. The molecule has 2 nitrogen and oxygen atoms in total. The fraction of sp³-hybridized carbons (Fsp3) is 0.625. The summed E-state index contributed by atoms with van der Waals surface area (Å²) in [5, 5.41) is 0. The van der Waals surface area contributed by atoms with Crippen LogP contribution in [0.1, 0.15) is 37.7 Å². The van der Waals surface area contributed by atoms with E-state index in [1.807, 2.05) is 6.07 Å². The van der Waals surface area contributed by atoms with Crippen molar-refractivity contribution in [1.82, 2.24) is 0 Å². The van der Waals surface area contributed by atoms with E-state index in [0.717, 1.165) is 5.56 Å². The normalized spacial score (nSPS) is 19.8. The van der Waals surface area contributed by atoms with Crippen LogP contribution >= 0.6 is 15.9 Å². The Morgan fingerprint density at radius 1 is 1.35 bits per heavy atom. The zero-order valence-electron chi connectivity index (χ0n) is 11.9. The summed E-state index contributed by atoms with van der Waals surface area (Å²) >= 11 is 3.22. The number of halogens is 2. The van der Waals surface area contributed by atoms with E-state index in [0.29, 0.717) is 16.8 Å². The minimum atomic E-state index is -0.238. The molecular formula is C16H23BrFNO. The number of methoxy groups -OCH3 is 1. The third-order valence-electron chi connectivity index (χ3n) is 4.26. The lowest BCUT2D eigenvalue weighted by Gasteiger charge is -2.33. The Morgan fingerprint density at radius 3 is 2.65 bits per heavy atom. The zero-order chi connectivity index (χ0) is 14.5. The molecule has 1 aromatic rings. The molecule has 1 fully saturated rings. The lowest BCUT2D eigenvalue weighted by atomic mass is 9.81. The van der Waals surface area contributed by atoms with Gasteiger partial charge in [0.05, 0.1) is 10.6 Å². The molecular weight excluding hydrogens is 321 g/mol. The van der Waals surface area contributed by atoms with E-state index in [1.165, 1.54) is 38.2 Å². The average molecular weight is 344 g/mol. The van der Waals surface area contributed by atoms with Gasteiger partial charge >= 0.3 is 0 Å². The largest absolute Gasteiger partial charge is 0.380 e. The second kappa shape index (κ2) is 7.53. The first-order valence-corrected chi connectivity index (χ1v) is 8.13. The van der Waals surface area contributed by atoms with Gasteiger partial charge in [-0.15, -0.1) is 0 Å². The quantitative estimate of drug-likeness (QED) is 0.875. The van der Waals surface area contributed by atoms with Gasteiger partial charge in [-0.25, -0.2) is 4.39 Å². The van der Waals surface area contributed by atoms with Crippen molar-refractivity contribution in [2.45, 2.75) is 50.7 Å². The van der Waals surface area contributed by atoms with Gasteiger partial charge in [-0.3, -0.25) is 0 Å². The molecule has 0 aliphatic heterocycles. The summed E-state index contributed by atoms with van der Waals surface area (Å²) in [6, 6.07) is 5.05. The van der Waals surface area contributed by atoms with E-state index in [4.69, 9.17) is 10.5 Å². The second-order valence-corrected chi connectivity index (χ2v) is 6.57. The maximum absolute atomic E-state index is 13.2. The topological polar surface area (TPSA) is 35.2 Å². The van der Waals surface area contributed by atoms with Gasteiger partial charge in [0.2, 0.25) is 0 Å². The van der Waals surface area contributed by atoms with Crippen molar-refractivity contribution in [1.29, 1.82) is 0 Å². The van der Waals surface area contributed by atoms with Crippen LogP contribution in [0.3, 0.4) is 0 Å². The van der Waals surface area contributed by atoms with Crippen LogP contribution < -0.4 is 5.73 Å². The number of hydrogen-bond donors (Lipinski definition) is 1. The van der Waals surface area contributed by atoms with Crippen molar-refractivity contribution in [2.75, 3.05) is 7.11 Å². The first kappa shape index (κ1) is 15.9. The molecule has 20 heavy (non-hydrogen) atoms. The number of nitrogens with two attached hydrogens (primary N) is 1. The van der Waals surface area contributed by atoms with E-state index in [-0.39, 0.29) is 18.0 Å². The Bertz CT molecular complexity index is 434. The lowest BCUT2D eigenvalue weighted by Crippen LogP contribution is -2.43. The predicted molar refractivity (Wildman–Crippen MR) is 83.2 cm³/mol. The highest BCUT2D eigenvalue weighted by Gasteiger charge is 2.28. The van der Waals surface area contributed by atoms with E-state index >= 15 is 0 Å². The van der Waals surface area contributed by atoms with Crippen molar-refractivity contribution in [3.05, 3.63) is 34.1 Å². The monoisotopic (exact) mass is 343 g/mol. The molecule has 2 unspecified atom stereocenters. The number of benzene rings is 1. The highest BCUT2D eigenvalue weighted by atomic mass is 79.9. The van der Waals surface area contributed by atoms with Crippen LogP contribution in [0.15, 0.2) is 22.7 Å². The SMILES string of the molecule is COC(C(N)Cc1ccc(F)c(Br)c1)C1CCCCC1. The first-order valence-electron chi connectivity index (χ1n) is 7.34. The molecule has 0 bridgehead atoms. The summed E-state index contributed by atoms with van der Waals surface area (Å²) in [6.45, 7) is 0. The summed E-state index contributed by atoms with van der Waals surface area (Å²) in [5.74, 6) is 0.325. The number of ether oxygens (including phenoxy) is 1. The summed E-state index contributed by atoms with van der Waals surface area (Å²) in [6.07, 6.45) is 7.11. The molecule has 2 N–H and O–H groups in total. The molecule has 1 aliphatic carbocycles. The second-order valence-electron chi connectivity index (χ2n) is 5.71. The van der Waals surface area contributed by atoms with Gasteiger partial charge in [0.25, 0.3) is 0 Å². The smallest absolute Gasteiger partial charge is 0.137 e. The molecule has 0 heterocycles. The first-order chi connectivity index (χ1) is 9.61. The van der Waals surface area contributed by atoms with Crippen LogP contribution in [0.5, 0.6) is 0 Å². The van der Waals surface area contributed by atoms with Gasteiger partial charge in [0.1, 0.15) is 5.82 Å². The fourth-order valence-corrected chi connectivity index (χ4v) is 3.66. The van der Waals surface area contributed by atoms with Crippen molar-refractivity contribution in [3.8, 4) is 0 Å². The molecule has 0 spiro atoms. The number of hydrogen-bond acceptors (Lipinski definition) is 2. The van der Waals surface area contributed by atoms with Crippen LogP contribution in [0.25, 0.3) is 0 Å². The Morgan fingerprint density at radius 2 is 2.05 bits per heavy atom. The molecule has 2 rings (SSSR count). The molecule has 0 radical (unpaired) electrons. The van der Waals surface area contributed by atoms with E-state index < -0.39 is 0 Å². The molecule has 0 saturated heterocycles. The Labute approximate surface area is 129 Å². The van der Waals surface area contributed by atoms with Gasteiger partial charge in [-0.1, -0.05) is 25.3 Å². The minimum Gasteiger partial charge on any atom is -0.380 e. The Hall–Kier alpha value is -0.450. The molecule has 4 heteroatoms. The third kappa shape index (κ3) is 4.03. The van der Waals surface area contributed by atoms with Crippen molar-refractivity contribution >= 4 is 15.9 Å². The van der Waals surface area contributed by atoms with Crippen molar-refractivity contribution < 1.29 is 9.13 Å². The molecule has 0 amide bonds. The Kier molecular flexibility index (Phi) is 6.00. The van der Waals surface area contributed by atoms with Gasteiger partial charge in [-0.2, -0.15) is 0 Å². The minimum absolute atomic E-state index is 0.0412. The predicted octanol–water partition coefficient (Wildman–Crippen LogP) is 4.05. The molecule has 2 atom stereocenters. The van der Waals surface area contributed by atoms with Gasteiger partial charge < -0.3 is 10.5 Å². The number of rotatable bonds is 5. The molecule has 1 aliphatic rings. The standard InChI is InChI=1S/C16H23BrFNO/c1-20-16(12-5-3-2-4-6-12)15(19)10-11-7-8-14(18)13(17)9-11/h7-9,12,15-16H,2-6,10,19H2,1H3. The van der Waals surface area contributed by atoms with Gasteiger partial charge in [0.15, 0.2) is 0 Å². The van der Waals surface area contributed by atoms with Crippen LogP contribution in [-0.4, -0.2) is 19.3 Å². The van der Waals surface area contributed by atoms with E-state index in [9.17, 15) is 4.39 Å². The highest BCUT2D eigenvalue weighted by Crippen LogP contribution is 2.30.